The number of benzene rings is 2. The number of hydrogen-bond donors (Lipinski definition) is 0. The number of carbonyl (C=O) groups excluding carboxylic acids is 1. The van der Waals surface area contributed by atoms with Crippen LogP contribution in [0.4, 0.5) is 4.39 Å². The molecule has 0 saturated heterocycles. The molecule has 4 rings (SSSR count). The summed E-state index contributed by atoms with van der Waals surface area (Å²) in [6, 6.07) is 11.5. The largest absolute Gasteiger partial charge is 0.464 e. The molecule has 2 atom stereocenters. The average molecular weight is 431 g/mol. The molecule has 160 valence electrons. The minimum atomic E-state index is -1.16. The highest BCUT2D eigenvalue weighted by atomic mass is 28.3. The number of rotatable bonds is 9. The molecule has 2 aromatic rings. The second-order valence-corrected chi connectivity index (χ2v) is 14.8. The van der Waals surface area contributed by atoms with Gasteiger partial charge in [-0.15, -0.1) is 0 Å². The van der Waals surface area contributed by atoms with Gasteiger partial charge in [0.05, 0.1) is 5.41 Å². The number of hydrogen-bond acceptors (Lipinski definition) is 5. The zero-order valence-corrected chi connectivity index (χ0v) is 18.6. The van der Waals surface area contributed by atoms with Crippen molar-refractivity contribution in [3.63, 3.8) is 0 Å². The Morgan fingerprint density at radius 3 is 2.70 bits per heavy atom. The molecule has 0 bridgehead atoms. The third-order valence-electron chi connectivity index (χ3n) is 5.78. The lowest BCUT2D eigenvalue weighted by Gasteiger charge is -2.16. The maximum absolute atomic E-state index is 14.6. The Kier molecular flexibility index (Phi) is 5.59. The average Bonchev–Trinajstić information content (AvgIpc) is 3.27. The third kappa shape index (κ3) is 4.22. The maximum Gasteiger partial charge on any atom is 0.231 e. The molecule has 0 aromatic heterocycles. The van der Waals surface area contributed by atoms with Crippen molar-refractivity contribution < 1.29 is 28.1 Å². The highest BCUT2D eigenvalue weighted by Gasteiger charge is 2.56. The van der Waals surface area contributed by atoms with Gasteiger partial charge in [0.1, 0.15) is 6.29 Å². The van der Waals surface area contributed by atoms with Crippen LogP contribution in [-0.4, -0.2) is 34.6 Å². The fourth-order valence-corrected chi connectivity index (χ4v) is 4.55. The smallest absolute Gasteiger partial charge is 0.231 e. The molecule has 0 amide bonds. The first kappa shape index (κ1) is 20.9. The summed E-state index contributed by atoms with van der Waals surface area (Å²) in [7, 11) is -1.16. The quantitative estimate of drug-likeness (QED) is 0.246. The van der Waals surface area contributed by atoms with Gasteiger partial charge >= 0.3 is 0 Å². The Hall–Kier alpha value is -2.38. The normalized spacial score (nSPS) is 22.1. The maximum atomic E-state index is 14.6. The van der Waals surface area contributed by atoms with Gasteiger partial charge in [0.2, 0.25) is 6.79 Å². The standard InChI is InChI=1S/C23H27FO5Si/c1-30(2,3)9-8-26-14-27-20-6-4-16(10-19(20)24)18-12-23(18,13-25)17-5-7-21-22(11-17)29-15-28-21/h4-7,10-11,13,18H,8-9,12,14-15H2,1-3H3. The van der Waals surface area contributed by atoms with Crippen molar-refractivity contribution in [1.82, 2.24) is 0 Å². The van der Waals surface area contributed by atoms with E-state index in [0.29, 0.717) is 24.5 Å². The Morgan fingerprint density at radius 2 is 1.97 bits per heavy atom. The Balaban J connectivity index is 1.40. The molecule has 1 saturated carbocycles. The van der Waals surface area contributed by atoms with Crippen molar-refractivity contribution in [3.8, 4) is 17.2 Å². The van der Waals surface area contributed by atoms with Crippen molar-refractivity contribution >= 4 is 14.4 Å². The van der Waals surface area contributed by atoms with Gasteiger partial charge in [-0.2, -0.15) is 0 Å². The van der Waals surface area contributed by atoms with Gasteiger partial charge in [-0.3, -0.25) is 0 Å². The van der Waals surface area contributed by atoms with Gasteiger partial charge in [0, 0.05) is 20.6 Å². The highest BCUT2D eigenvalue weighted by Crippen LogP contribution is 2.60. The van der Waals surface area contributed by atoms with Gasteiger partial charge in [-0.1, -0.05) is 31.8 Å². The number of fused-ring (bicyclic) bond motifs is 1. The van der Waals surface area contributed by atoms with Crippen LogP contribution in [0.25, 0.3) is 0 Å². The van der Waals surface area contributed by atoms with Crippen LogP contribution in [0.2, 0.25) is 25.7 Å². The zero-order chi connectivity index (χ0) is 21.4. The Bertz CT molecular complexity index is 942. The lowest BCUT2D eigenvalue weighted by molar-refractivity contribution is -0.110. The monoisotopic (exact) mass is 430 g/mol. The summed E-state index contributed by atoms with van der Waals surface area (Å²) < 4.78 is 36.3. The van der Waals surface area contributed by atoms with Crippen LogP contribution in [0, 0.1) is 5.82 Å². The molecule has 0 spiro atoms. The Morgan fingerprint density at radius 1 is 1.17 bits per heavy atom. The first-order valence-corrected chi connectivity index (χ1v) is 13.9. The van der Waals surface area contributed by atoms with Crippen LogP contribution in [0.5, 0.6) is 17.2 Å². The van der Waals surface area contributed by atoms with Gasteiger partial charge in [0.15, 0.2) is 29.9 Å². The van der Waals surface area contributed by atoms with Crippen molar-refractivity contribution in [2.45, 2.75) is 43.4 Å². The molecular formula is C23H27FO5Si. The van der Waals surface area contributed by atoms with Crippen LogP contribution in [0.3, 0.4) is 0 Å². The minimum absolute atomic E-state index is 0.0274. The van der Waals surface area contributed by atoms with E-state index in [4.69, 9.17) is 18.9 Å². The van der Waals surface area contributed by atoms with Crippen LogP contribution < -0.4 is 14.2 Å². The molecule has 1 aliphatic carbocycles. The van der Waals surface area contributed by atoms with Crippen molar-refractivity contribution in [3.05, 3.63) is 53.3 Å². The van der Waals surface area contributed by atoms with Gasteiger partial charge in [-0.25, -0.2) is 4.39 Å². The van der Waals surface area contributed by atoms with Gasteiger partial charge < -0.3 is 23.7 Å². The van der Waals surface area contributed by atoms with Crippen molar-refractivity contribution in [2.75, 3.05) is 20.2 Å². The van der Waals surface area contributed by atoms with Crippen molar-refractivity contribution in [1.29, 1.82) is 0 Å². The van der Waals surface area contributed by atoms with E-state index >= 15 is 0 Å². The predicted octanol–water partition coefficient (Wildman–Crippen LogP) is 4.87. The van der Waals surface area contributed by atoms with Crippen LogP contribution in [-0.2, 0) is 14.9 Å². The van der Waals surface area contributed by atoms with E-state index in [-0.39, 0.29) is 25.3 Å². The molecule has 1 aliphatic heterocycles. The van der Waals surface area contributed by atoms with E-state index in [1.54, 1.807) is 6.07 Å². The first-order valence-electron chi connectivity index (χ1n) is 10.2. The predicted molar refractivity (Wildman–Crippen MR) is 114 cm³/mol. The van der Waals surface area contributed by atoms with E-state index in [0.717, 1.165) is 23.5 Å². The van der Waals surface area contributed by atoms with Crippen LogP contribution in [0.1, 0.15) is 23.5 Å². The topological polar surface area (TPSA) is 54.0 Å². The first-order chi connectivity index (χ1) is 14.3. The molecule has 2 aromatic carbocycles. The summed E-state index contributed by atoms with van der Waals surface area (Å²) in [5.74, 6) is 0.956. The summed E-state index contributed by atoms with van der Waals surface area (Å²) in [6.07, 6.45) is 1.60. The summed E-state index contributed by atoms with van der Waals surface area (Å²) in [5, 5.41) is 0. The second-order valence-electron chi connectivity index (χ2n) is 9.15. The number of aldehydes is 1. The minimum Gasteiger partial charge on any atom is -0.464 e. The van der Waals surface area contributed by atoms with Crippen molar-refractivity contribution in [2.24, 2.45) is 0 Å². The summed E-state index contributed by atoms with van der Waals surface area (Å²) in [4.78, 5) is 12.0. The number of carbonyl (C=O) groups is 1. The Labute approximate surface area is 177 Å². The molecule has 7 heteroatoms. The molecule has 5 nitrogen and oxygen atoms in total. The van der Waals surface area contributed by atoms with Crippen LogP contribution >= 0.6 is 0 Å². The summed E-state index contributed by atoms with van der Waals surface area (Å²) in [6.45, 7) is 7.66. The molecule has 2 aliphatic rings. The fourth-order valence-electron chi connectivity index (χ4n) is 3.79. The SMILES string of the molecule is C[Si](C)(C)CCOCOc1ccc(C2CC2(C=O)c2ccc3c(c2)OCO3)cc1F. The van der Waals surface area contributed by atoms with Gasteiger partial charge in [0.25, 0.3) is 0 Å². The molecule has 1 fully saturated rings. The van der Waals surface area contributed by atoms with E-state index in [1.807, 2.05) is 24.3 Å². The molecule has 0 N–H and O–H groups in total. The van der Waals surface area contributed by atoms with Gasteiger partial charge in [-0.05, 0) is 47.9 Å². The molecule has 1 heterocycles. The number of halogens is 1. The zero-order valence-electron chi connectivity index (χ0n) is 17.6. The van der Waals surface area contributed by atoms with Crippen LogP contribution in [0.15, 0.2) is 36.4 Å². The van der Waals surface area contributed by atoms with E-state index < -0.39 is 19.3 Å². The molecule has 2 unspecified atom stereocenters. The van der Waals surface area contributed by atoms with E-state index in [9.17, 15) is 9.18 Å². The molecule has 30 heavy (non-hydrogen) atoms. The molecular weight excluding hydrogens is 403 g/mol. The molecule has 0 radical (unpaired) electrons. The van der Waals surface area contributed by atoms with E-state index in [1.165, 1.54) is 6.07 Å². The second kappa shape index (κ2) is 8.04. The van der Waals surface area contributed by atoms with E-state index in [2.05, 4.69) is 19.6 Å². The fraction of sp³-hybridized carbons (Fsp3) is 0.435. The highest BCUT2D eigenvalue weighted by molar-refractivity contribution is 6.76. The lowest BCUT2D eigenvalue weighted by atomic mass is 9.92. The summed E-state index contributed by atoms with van der Waals surface area (Å²) >= 11 is 0. The number of ether oxygens (including phenoxy) is 4. The summed E-state index contributed by atoms with van der Waals surface area (Å²) in [5.41, 5.74) is 0.989. The third-order valence-corrected chi connectivity index (χ3v) is 7.48. The lowest BCUT2D eigenvalue weighted by Crippen LogP contribution is -2.22.